The van der Waals surface area contributed by atoms with Gasteiger partial charge in [0.2, 0.25) is 11.6 Å². The Balaban J connectivity index is 0.703. The minimum Gasteiger partial charge on any atom is -0.489 e. The predicted octanol–water partition coefficient (Wildman–Crippen LogP) is 2.38. The average Bonchev–Trinajstić information content (AvgIpc) is 3.94. The molecule has 6 N–H and O–H groups in total. The fourth-order valence-corrected chi connectivity index (χ4v) is 7.40. The van der Waals surface area contributed by atoms with Crippen molar-refractivity contribution in [2.45, 2.75) is 24.9 Å². The molecule has 1 fully saturated rings. The molecule has 3 aliphatic rings. The molecule has 0 unspecified atom stereocenters. The molecule has 0 spiro atoms. The fourth-order valence-electron chi connectivity index (χ4n) is 7.40. The normalized spacial score (nSPS) is 17.0. The molecule has 0 aliphatic carbocycles. The van der Waals surface area contributed by atoms with Gasteiger partial charge >= 0.3 is 0 Å². The summed E-state index contributed by atoms with van der Waals surface area (Å²) >= 11 is 0. The molecule has 18 heteroatoms. The molecule has 2 aromatic heterocycles. The van der Waals surface area contributed by atoms with Crippen LogP contribution >= 0.6 is 0 Å². The van der Waals surface area contributed by atoms with Gasteiger partial charge in [-0.25, -0.2) is 9.97 Å². The van der Waals surface area contributed by atoms with Crippen molar-refractivity contribution in [3.05, 3.63) is 143 Å². The van der Waals surface area contributed by atoms with E-state index < -0.39 is 35.7 Å². The number of rotatable bonds is 10. The number of fused-ring (bicyclic) bond motifs is 2. The summed E-state index contributed by atoms with van der Waals surface area (Å²) in [6.45, 7) is 4.32. The molecule has 0 bridgehead atoms. The van der Waals surface area contributed by atoms with Crippen LogP contribution in [-0.4, -0.2) is 128 Å². The maximum atomic E-state index is 13.1. The standard InChI is InChI=1S/C48H44N12O6/c61-45-37(51-47(63)43-53-41(55-57-43)27-31-9-3-1-4-10-31)29-65-39-17-15-33(25-35(39)49-45)13-7-19-59-21-23-60(24-22-59)20-8-14-34-16-18-40-36(26-34)50-46(62)38(30-66-40)52-48(64)44-54-42(56-58-44)28-32-11-5-2-6-12-32/h1-6,9-12,15-18,25-26,37-38H,19-24,27-30H2,(H,49,61)(H,50,62)(H,51,63)(H,52,64)(H,53,55,57)(H,54,56,58)/t37-,38-/m0/s1. The molecule has 0 saturated carbocycles. The van der Waals surface area contributed by atoms with Crippen LogP contribution in [-0.2, 0) is 22.4 Å². The summed E-state index contributed by atoms with van der Waals surface area (Å²) in [5.41, 5.74) is 4.41. The first-order chi connectivity index (χ1) is 32.3. The van der Waals surface area contributed by atoms with Crippen molar-refractivity contribution in [3.63, 3.8) is 0 Å². The summed E-state index contributed by atoms with van der Waals surface area (Å²) in [5.74, 6) is 12.8. The van der Waals surface area contributed by atoms with Gasteiger partial charge in [-0.2, -0.15) is 0 Å². The molecule has 4 aromatic carbocycles. The number of ether oxygens (including phenoxy) is 2. The Kier molecular flexibility index (Phi) is 13.0. The first-order valence-electron chi connectivity index (χ1n) is 21.4. The van der Waals surface area contributed by atoms with Crippen molar-refractivity contribution >= 4 is 35.0 Å². The number of hydrogen-bond acceptors (Lipinski definition) is 12. The summed E-state index contributed by atoms with van der Waals surface area (Å²) < 4.78 is 11.8. The Bertz CT molecular complexity index is 2670. The largest absolute Gasteiger partial charge is 0.489 e. The molecule has 6 aromatic rings. The highest BCUT2D eigenvalue weighted by Gasteiger charge is 2.30. The quantitative estimate of drug-likeness (QED) is 0.109. The summed E-state index contributed by atoms with van der Waals surface area (Å²) in [5, 5.41) is 24.7. The third-order valence-corrected chi connectivity index (χ3v) is 11.0. The molecule has 1 saturated heterocycles. The molecule has 332 valence electrons. The Morgan fingerprint density at radius 3 is 1.45 bits per heavy atom. The molecular weight excluding hydrogens is 841 g/mol. The second-order valence-corrected chi connectivity index (χ2v) is 15.8. The molecule has 9 rings (SSSR count). The minimum absolute atomic E-state index is 0.0605. The average molecular weight is 885 g/mol. The van der Waals surface area contributed by atoms with Crippen LogP contribution in [0.15, 0.2) is 97.1 Å². The Morgan fingerprint density at radius 1 is 0.606 bits per heavy atom. The van der Waals surface area contributed by atoms with Gasteiger partial charge in [0.25, 0.3) is 23.6 Å². The zero-order valence-electron chi connectivity index (χ0n) is 35.6. The number of nitrogens with one attached hydrogen (secondary N) is 6. The summed E-state index contributed by atoms with van der Waals surface area (Å²) in [7, 11) is 0. The highest BCUT2D eigenvalue weighted by molar-refractivity contribution is 6.02. The number of carbonyl (C=O) groups excluding carboxylic acids is 4. The van der Waals surface area contributed by atoms with Gasteiger partial charge in [-0.05, 0) is 47.5 Å². The van der Waals surface area contributed by atoms with E-state index in [0.717, 1.165) is 37.3 Å². The van der Waals surface area contributed by atoms with Crippen molar-refractivity contribution in [2.75, 3.05) is 63.1 Å². The maximum absolute atomic E-state index is 13.1. The topological polar surface area (TPSA) is 224 Å². The smallest absolute Gasteiger partial charge is 0.291 e. The van der Waals surface area contributed by atoms with Gasteiger partial charge in [0, 0.05) is 50.1 Å². The summed E-state index contributed by atoms with van der Waals surface area (Å²) in [6, 6.07) is 28.2. The lowest BCUT2D eigenvalue weighted by Crippen LogP contribution is -2.46. The first-order valence-corrected chi connectivity index (χ1v) is 21.4. The summed E-state index contributed by atoms with van der Waals surface area (Å²) in [4.78, 5) is 65.2. The lowest BCUT2D eigenvalue weighted by molar-refractivity contribution is -0.119. The van der Waals surface area contributed by atoms with Gasteiger partial charge in [-0.3, -0.25) is 39.2 Å². The fraction of sp³-hybridized carbons (Fsp3) is 0.250. The monoisotopic (exact) mass is 884 g/mol. The second-order valence-electron chi connectivity index (χ2n) is 15.8. The molecule has 0 radical (unpaired) electrons. The third kappa shape index (κ3) is 10.9. The van der Waals surface area contributed by atoms with Gasteiger partial charge in [0.15, 0.2) is 0 Å². The Hall–Kier alpha value is -8.32. The van der Waals surface area contributed by atoms with Crippen molar-refractivity contribution in [3.8, 4) is 35.2 Å². The number of carbonyl (C=O) groups is 4. The van der Waals surface area contributed by atoms with Gasteiger partial charge < -0.3 is 30.7 Å². The Morgan fingerprint density at radius 2 is 1.03 bits per heavy atom. The van der Waals surface area contributed by atoms with Crippen LogP contribution in [0.4, 0.5) is 11.4 Å². The molecule has 4 amide bonds. The van der Waals surface area contributed by atoms with Crippen molar-refractivity contribution < 1.29 is 28.7 Å². The van der Waals surface area contributed by atoms with E-state index in [0.29, 0.717) is 71.6 Å². The van der Waals surface area contributed by atoms with Crippen LogP contribution in [0.1, 0.15) is 55.1 Å². The number of aromatic nitrogens is 6. The zero-order chi connectivity index (χ0) is 45.2. The zero-order valence-corrected chi connectivity index (χ0v) is 35.6. The number of benzene rings is 4. The lowest BCUT2D eigenvalue weighted by Gasteiger charge is -2.32. The van der Waals surface area contributed by atoms with E-state index in [1.807, 2.05) is 72.8 Å². The number of H-pyrrole nitrogens is 2. The first kappa shape index (κ1) is 43.0. The minimum atomic E-state index is -0.960. The predicted molar refractivity (Wildman–Crippen MR) is 242 cm³/mol. The number of aromatic amines is 2. The number of amides is 4. The van der Waals surface area contributed by atoms with E-state index in [1.54, 1.807) is 24.3 Å². The van der Waals surface area contributed by atoms with Crippen LogP contribution in [0.2, 0.25) is 0 Å². The van der Waals surface area contributed by atoms with Gasteiger partial charge in [-0.15, -0.1) is 10.2 Å². The Labute approximate surface area is 379 Å². The molecule has 3 aliphatic heterocycles. The molecule has 18 nitrogen and oxygen atoms in total. The highest BCUT2D eigenvalue weighted by atomic mass is 16.5. The number of nitrogens with zero attached hydrogens (tertiary/aromatic N) is 6. The van der Waals surface area contributed by atoms with Crippen LogP contribution in [0.3, 0.4) is 0 Å². The van der Waals surface area contributed by atoms with Crippen LogP contribution in [0.5, 0.6) is 11.5 Å². The van der Waals surface area contributed by atoms with E-state index in [2.05, 4.69) is 85.1 Å². The second kappa shape index (κ2) is 20.0. The van der Waals surface area contributed by atoms with Crippen LogP contribution in [0.25, 0.3) is 0 Å². The van der Waals surface area contributed by atoms with Gasteiger partial charge in [0.1, 0.15) is 48.4 Å². The molecule has 5 heterocycles. The number of hydrogen-bond donors (Lipinski definition) is 6. The third-order valence-electron chi connectivity index (χ3n) is 11.0. The van der Waals surface area contributed by atoms with E-state index in [9.17, 15) is 19.2 Å². The maximum Gasteiger partial charge on any atom is 0.291 e. The van der Waals surface area contributed by atoms with Crippen LogP contribution < -0.4 is 30.7 Å². The van der Waals surface area contributed by atoms with Crippen molar-refractivity contribution in [2.24, 2.45) is 0 Å². The van der Waals surface area contributed by atoms with Gasteiger partial charge in [-0.1, -0.05) is 84.3 Å². The number of piperazine rings is 1. The lowest BCUT2D eigenvalue weighted by atomic mass is 10.1. The highest BCUT2D eigenvalue weighted by Crippen LogP contribution is 2.29. The van der Waals surface area contributed by atoms with E-state index in [1.165, 1.54) is 0 Å². The SMILES string of the molecule is O=C(N[C@H]1COc2ccc(C#CCN3CCN(CC#Cc4ccc5c(c4)NC(=O)[C@@H](NC(=O)c4n[nH]c(Cc6ccccc6)n4)CO5)CC3)cc2NC1=O)c1n[nH]c(Cc2ccccc2)n1. The molecule has 66 heavy (non-hydrogen) atoms. The molecular formula is C48H44N12O6. The van der Waals surface area contributed by atoms with E-state index in [-0.39, 0.29) is 24.9 Å². The van der Waals surface area contributed by atoms with E-state index in [4.69, 9.17) is 9.47 Å². The summed E-state index contributed by atoms with van der Waals surface area (Å²) in [6.07, 6.45) is 0.974. The van der Waals surface area contributed by atoms with Crippen LogP contribution in [0, 0.1) is 23.7 Å². The van der Waals surface area contributed by atoms with Crippen molar-refractivity contribution in [1.29, 1.82) is 0 Å². The molecule has 2 atom stereocenters. The van der Waals surface area contributed by atoms with Gasteiger partial charge in [0.05, 0.1) is 24.5 Å². The number of anilines is 2. The van der Waals surface area contributed by atoms with Crippen molar-refractivity contribution in [1.82, 2.24) is 50.8 Å². The van der Waals surface area contributed by atoms with E-state index >= 15 is 0 Å².